The maximum Gasteiger partial charge on any atom is 0.181 e. The van der Waals surface area contributed by atoms with E-state index in [0.29, 0.717) is 0 Å². The predicted octanol–water partition coefficient (Wildman–Crippen LogP) is 4.06. The molecule has 0 bridgehead atoms. The van der Waals surface area contributed by atoms with E-state index in [0.717, 1.165) is 32.8 Å². The number of pyridine rings is 1. The second kappa shape index (κ2) is 4.66. The zero-order valence-corrected chi connectivity index (χ0v) is 12.2. The van der Waals surface area contributed by atoms with Crippen molar-refractivity contribution in [2.45, 2.75) is 6.92 Å². The number of benzene rings is 1. The van der Waals surface area contributed by atoms with Crippen molar-refractivity contribution in [3.8, 4) is 0 Å². The van der Waals surface area contributed by atoms with Crippen LogP contribution in [-0.2, 0) is 0 Å². The monoisotopic (exact) mass is 317 g/mol. The number of aryl methyl sites for hydroxylation is 1. The van der Waals surface area contributed by atoms with Crippen LogP contribution in [0.1, 0.15) is 5.69 Å². The molecule has 0 unspecified atom stereocenters. The number of nitrogens with zero attached hydrogens (tertiary/aromatic N) is 3. The minimum atomic E-state index is 0.776. The number of aromatic nitrogens is 2. The maximum atomic E-state index is 5.32. The highest BCUT2D eigenvalue weighted by molar-refractivity contribution is 9.10. The lowest BCUT2D eigenvalue weighted by atomic mass is 10.2. The summed E-state index contributed by atoms with van der Waals surface area (Å²) in [6.07, 6.45) is 1.45. The van der Waals surface area contributed by atoms with Gasteiger partial charge in [-0.25, -0.2) is 9.97 Å². The molecule has 1 aromatic carbocycles. The third kappa shape index (κ3) is 2.21. The third-order valence-electron chi connectivity index (χ3n) is 3.05. The summed E-state index contributed by atoms with van der Waals surface area (Å²) < 4.78 is 6.33. The average Bonchev–Trinajstić information content (AvgIpc) is 2.88. The molecule has 0 aliphatic rings. The van der Waals surface area contributed by atoms with E-state index in [-0.39, 0.29) is 0 Å². The van der Waals surface area contributed by atoms with Gasteiger partial charge < -0.3 is 9.32 Å². The van der Waals surface area contributed by atoms with Crippen molar-refractivity contribution in [1.82, 2.24) is 9.97 Å². The van der Waals surface area contributed by atoms with Crippen LogP contribution in [0.3, 0.4) is 0 Å². The minimum Gasteiger partial charge on any atom is -0.443 e. The van der Waals surface area contributed by atoms with Crippen molar-refractivity contribution in [2.75, 3.05) is 11.9 Å². The summed E-state index contributed by atoms with van der Waals surface area (Å²) in [5.41, 5.74) is 3.61. The maximum absolute atomic E-state index is 5.32. The fraction of sp³-hybridized carbons (Fsp3) is 0.143. The molecule has 0 saturated carbocycles. The Labute approximate surface area is 119 Å². The molecular formula is C14H12BrN3O. The Bertz CT molecular complexity index is 738. The molecule has 0 fully saturated rings. The van der Waals surface area contributed by atoms with Crippen molar-refractivity contribution in [3.05, 3.63) is 46.9 Å². The first kappa shape index (κ1) is 12.2. The summed E-state index contributed by atoms with van der Waals surface area (Å²) in [5, 5.41) is 0. The van der Waals surface area contributed by atoms with Gasteiger partial charge in [0.05, 0.1) is 5.69 Å². The van der Waals surface area contributed by atoms with Gasteiger partial charge in [-0.15, -0.1) is 0 Å². The summed E-state index contributed by atoms with van der Waals surface area (Å²) in [4.78, 5) is 10.7. The average molecular weight is 318 g/mol. The van der Waals surface area contributed by atoms with Crippen molar-refractivity contribution < 1.29 is 4.42 Å². The van der Waals surface area contributed by atoms with E-state index in [9.17, 15) is 0 Å². The van der Waals surface area contributed by atoms with E-state index < -0.39 is 0 Å². The molecule has 19 heavy (non-hydrogen) atoms. The van der Waals surface area contributed by atoms with Crippen molar-refractivity contribution in [3.63, 3.8) is 0 Å². The number of anilines is 2. The standard InChI is InChI=1S/C14H12BrN3O/c1-9-11(15)4-6-14(17-9)18(2)10-3-5-12-13(7-10)19-8-16-12/h3-8H,1-2H3. The first-order valence-electron chi connectivity index (χ1n) is 5.85. The van der Waals surface area contributed by atoms with Gasteiger partial charge in [0.1, 0.15) is 11.3 Å². The van der Waals surface area contributed by atoms with E-state index in [1.54, 1.807) is 0 Å². The Hall–Kier alpha value is -1.88. The van der Waals surface area contributed by atoms with Gasteiger partial charge in [-0.2, -0.15) is 0 Å². The van der Waals surface area contributed by atoms with Gasteiger partial charge in [0.15, 0.2) is 12.0 Å². The molecule has 5 heteroatoms. The van der Waals surface area contributed by atoms with Gasteiger partial charge in [0.2, 0.25) is 0 Å². The lowest BCUT2D eigenvalue weighted by molar-refractivity contribution is 0.602. The van der Waals surface area contributed by atoms with Gasteiger partial charge in [0.25, 0.3) is 0 Å². The molecule has 0 N–H and O–H groups in total. The van der Waals surface area contributed by atoms with Crippen LogP contribution in [0.2, 0.25) is 0 Å². The van der Waals surface area contributed by atoms with Gasteiger partial charge in [-0.05, 0) is 47.1 Å². The Kier molecular flexibility index (Phi) is 2.98. The minimum absolute atomic E-state index is 0.776. The van der Waals surface area contributed by atoms with E-state index in [1.807, 2.05) is 49.2 Å². The molecule has 96 valence electrons. The molecule has 3 aromatic rings. The largest absolute Gasteiger partial charge is 0.443 e. The van der Waals surface area contributed by atoms with Crippen molar-refractivity contribution >= 4 is 38.5 Å². The molecule has 2 heterocycles. The summed E-state index contributed by atoms with van der Waals surface area (Å²) in [5.74, 6) is 0.888. The van der Waals surface area contributed by atoms with Crippen LogP contribution in [-0.4, -0.2) is 17.0 Å². The molecule has 3 rings (SSSR count). The molecule has 0 aliphatic heterocycles. The van der Waals surface area contributed by atoms with Crippen LogP contribution in [0.15, 0.2) is 45.6 Å². The molecule has 0 saturated heterocycles. The van der Waals surface area contributed by atoms with E-state index in [4.69, 9.17) is 4.42 Å². The molecule has 0 aliphatic carbocycles. The number of hydrogen-bond donors (Lipinski definition) is 0. The normalized spacial score (nSPS) is 10.9. The lowest BCUT2D eigenvalue weighted by Crippen LogP contribution is -2.11. The van der Waals surface area contributed by atoms with Crippen LogP contribution < -0.4 is 4.90 Å². The summed E-state index contributed by atoms with van der Waals surface area (Å²) in [7, 11) is 1.98. The molecule has 4 nitrogen and oxygen atoms in total. The molecule has 0 radical (unpaired) electrons. The zero-order valence-electron chi connectivity index (χ0n) is 10.6. The smallest absolute Gasteiger partial charge is 0.181 e. The highest BCUT2D eigenvalue weighted by Gasteiger charge is 2.09. The number of hydrogen-bond acceptors (Lipinski definition) is 4. The highest BCUT2D eigenvalue weighted by atomic mass is 79.9. The number of oxazole rings is 1. The molecule has 0 amide bonds. The van der Waals surface area contributed by atoms with Gasteiger partial charge in [-0.3, -0.25) is 0 Å². The Morgan fingerprint density at radius 3 is 2.84 bits per heavy atom. The Morgan fingerprint density at radius 2 is 2.05 bits per heavy atom. The van der Waals surface area contributed by atoms with E-state index in [2.05, 4.69) is 25.9 Å². The Morgan fingerprint density at radius 1 is 1.21 bits per heavy atom. The lowest BCUT2D eigenvalue weighted by Gasteiger charge is -2.18. The summed E-state index contributed by atoms with van der Waals surface area (Å²) >= 11 is 3.46. The predicted molar refractivity (Wildman–Crippen MR) is 78.7 cm³/mol. The third-order valence-corrected chi connectivity index (χ3v) is 3.89. The number of halogens is 1. The van der Waals surface area contributed by atoms with E-state index in [1.165, 1.54) is 6.39 Å². The molecule has 0 spiro atoms. The van der Waals surface area contributed by atoms with Crippen LogP contribution in [0.4, 0.5) is 11.5 Å². The van der Waals surface area contributed by atoms with Crippen molar-refractivity contribution in [2.24, 2.45) is 0 Å². The topological polar surface area (TPSA) is 42.2 Å². The van der Waals surface area contributed by atoms with Crippen molar-refractivity contribution in [1.29, 1.82) is 0 Å². The van der Waals surface area contributed by atoms with E-state index >= 15 is 0 Å². The quantitative estimate of drug-likeness (QED) is 0.714. The Balaban J connectivity index is 2.01. The second-order valence-electron chi connectivity index (χ2n) is 4.30. The first-order chi connectivity index (χ1) is 9.15. The van der Waals surface area contributed by atoms with Gasteiger partial charge in [-0.1, -0.05) is 0 Å². The second-order valence-corrected chi connectivity index (χ2v) is 5.15. The fourth-order valence-electron chi connectivity index (χ4n) is 1.90. The summed E-state index contributed by atoms with van der Waals surface area (Å²) in [6, 6.07) is 9.88. The van der Waals surface area contributed by atoms with Gasteiger partial charge in [0, 0.05) is 23.3 Å². The number of fused-ring (bicyclic) bond motifs is 1. The zero-order chi connectivity index (χ0) is 13.4. The molecule has 2 aromatic heterocycles. The van der Waals surface area contributed by atoms with Crippen LogP contribution >= 0.6 is 15.9 Å². The van der Waals surface area contributed by atoms with Gasteiger partial charge >= 0.3 is 0 Å². The summed E-state index contributed by atoms with van der Waals surface area (Å²) in [6.45, 7) is 1.97. The van der Waals surface area contributed by atoms with Crippen LogP contribution in [0.25, 0.3) is 11.1 Å². The highest BCUT2D eigenvalue weighted by Crippen LogP contribution is 2.27. The van der Waals surface area contributed by atoms with Crippen LogP contribution in [0, 0.1) is 6.92 Å². The van der Waals surface area contributed by atoms with Crippen LogP contribution in [0.5, 0.6) is 0 Å². The first-order valence-corrected chi connectivity index (χ1v) is 6.64. The molecule has 0 atom stereocenters. The number of rotatable bonds is 2. The fourth-order valence-corrected chi connectivity index (χ4v) is 2.12. The SMILES string of the molecule is Cc1nc(N(C)c2ccc3ncoc3c2)ccc1Br. The molecular weight excluding hydrogens is 306 g/mol.